The Morgan fingerprint density at radius 1 is 0.800 bits per heavy atom. The van der Waals surface area contributed by atoms with E-state index in [2.05, 4.69) is 19.9 Å². The van der Waals surface area contributed by atoms with Crippen molar-refractivity contribution in [1.29, 1.82) is 5.26 Å². The first-order chi connectivity index (χ1) is 12.2. The third kappa shape index (κ3) is 4.61. The van der Waals surface area contributed by atoms with Crippen LogP contribution in [0.3, 0.4) is 0 Å². The lowest BCUT2D eigenvalue weighted by Gasteiger charge is -2.43. The Balaban J connectivity index is 1.45. The SMILES string of the molecule is CCC[C@H]1CC[C@H](C2CCC(C3CCCC(C#N)(CC)C3)CC2)CC1. The summed E-state index contributed by atoms with van der Waals surface area (Å²) in [7, 11) is 0. The van der Waals surface area contributed by atoms with Crippen molar-refractivity contribution in [2.24, 2.45) is 35.0 Å². The van der Waals surface area contributed by atoms with E-state index in [4.69, 9.17) is 0 Å². The van der Waals surface area contributed by atoms with E-state index in [0.29, 0.717) is 0 Å². The van der Waals surface area contributed by atoms with Gasteiger partial charge in [-0.1, -0.05) is 52.4 Å². The molecule has 0 N–H and O–H groups in total. The van der Waals surface area contributed by atoms with Crippen LogP contribution in [0, 0.1) is 46.3 Å². The Morgan fingerprint density at radius 3 is 1.88 bits per heavy atom. The molecule has 0 bridgehead atoms. The largest absolute Gasteiger partial charge is 0.198 e. The average molecular weight is 344 g/mol. The predicted octanol–water partition coefficient (Wildman–Crippen LogP) is 7.51. The maximum Gasteiger partial charge on any atom is 0.0689 e. The molecule has 0 saturated heterocycles. The van der Waals surface area contributed by atoms with E-state index in [0.717, 1.165) is 42.4 Å². The van der Waals surface area contributed by atoms with Crippen molar-refractivity contribution in [3.8, 4) is 6.07 Å². The number of rotatable bonds is 5. The molecular formula is C24H41N. The molecular weight excluding hydrogens is 302 g/mol. The van der Waals surface area contributed by atoms with Crippen molar-refractivity contribution in [2.75, 3.05) is 0 Å². The fraction of sp³-hybridized carbons (Fsp3) is 0.958. The second-order valence-electron chi connectivity index (χ2n) is 9.85. The average Bonchev–Trinajstić information content (AvgIpc) is 2.69. The van der Waals surface area contributed by atoms with E-state index >= 15 is 0 Å². The van der Waals surface area contributed by atoms with Crippen molar-refractivity contribution < 1.29 is 0 Å². The molecule has 0 radical (unpaired) electrons. The zero-order chi connectivity index (χ0) is 17.7. The first-order valence-corrected chi connectivity index (χ1v) is 11.6. The van der Waals surface area contributed by atoms with Crippen LogP contribution in [0.4, 0.5) is 0 Å². The van der Waals surface area contributed by atoms with Crippen LogP contribution >= 0.6 is 0 Å². The fourth-order valence-electron chi connectivity index (χ4n) is 6.76. The highest BCUT2D eigenvalue weighted by atomic mass is 14.5. The lowest BCUT2D eigenvalue weighted by molar-refractivity contribution is 0.0839. The predicted molar refractivity (Wildman–Crippen MR) is 106 cm³/mol. The molecule has 0 aliphatic heterocycles. The third-order valence-corrected chi connectivity index (χ3v) is 8.54. The Labute approximate surface area is 157 Å². The minimum Gasteiger partial charge on any atom is -0.198 e. The summed E-state index contributed by atoms with van der Waals surface area (Å²) in [5, 5.41) is 9.68. The van der Waals surface area contributed by atoms with E-state index in [1.807, 2.05) is 0 Å². The molecule has 3 rings (SSSR count). The molecule has 3 aliphatic carbocycles. The number of nitrogens with zero attached hydrogens (tertiary/aromatic N) is 1. The van der Waals surface area contributed by atoms with Gasteiger partial charge in [-0.05, 0) is 87.4 Å². The molecule has 0 spiro atoms. The standard InChI is InChI=1S/C24H41N/c1-3-6-19-8-10-20(11-9-19)21-12-14-22(15-13-21)23-7-5-16-24(4-2,17-23)18-25/h19-23H,3-17H2,1-2H3/t19-,20-,21?,22?,23?,24?. The lowest BCUT2D eigenvalue weighted by Crippen LogP contribution is -2.33. The van der Waals surface area contributed by atoms with Crippen LogP contribution in [0.2, 0.25) is 0 Å². The molecule has 2 atom stereocenters. The second kappa shape index (κ2) is 8.92. The fourth-order valence-corrected chi connectivity index (χ4v) is 6.76. The van der Waals surface area contributed by atoms with E-state index < -0.39 is 0 Å². The molecule has 2 unspecified atom stereocenters. The van der Waals surface area contributed by atoms with Crippen molar-refractivity contribution in [2.45, 2.75) is 110 Å². The minimum absolute atomic E-state index is 0.0252. The summed E-state index contributed by atoms with van der Waals surface area (Å²) in [4.78, 5) is 0. The van der Waals surface area contributed by atoms with Gasteiger partial charge in [-0.15, -0.1) is 0 Å². The topological polar surface area (TPSA) is 23.8 Å². The minimum atomic E-state index is 0.0252. The molecule has 0 aromatic carbocycles. The Bertz CT molecular complexity index is 434. The van der Waals surface area contributed by atoms with Crippen molar-refractivity contribution in [3.63, 3.8) is 0 Å². The molecule has 142 valence electrons. The van der Waals surface area contributed by atoms with E-state index in [-0.39, 0.29) is 5.41 Å². The smallest absolute Gasteiger partial charge is 0.0689 e. The number of hydrogen-bond donors (Lipinski definition) is 0. The van der Waals surface area contributed by atoms with Crippen molar-refractivity contribution in [1.82, 2.24) is 0 Å². The van der Waals surface area contributed by atoms with Gasteiger partial charge in [-0.25, -0.2) is 0 Å². The van der Waals surface area contributed by atoms with Gasteiger partial charge in [0, 0.05) is 0 Å². The molecule has 0 aromatic rings. The summed E-state index contributed by atoms with van der Waals surface area (Å²) in [5.74, 6) is 4.93. The van der Waals surface area contributed by atoms with Crippen LogP contribution < -0.4 is 0 Å². The van der Waals surface area contributed by atoms with Gasteiger partial charge in [0.15, 0.2) is 0 Å². The normalized spacial score (nSPS) is 42.7. The molecule has 3 saturated carbocycles. The summed E-state index contributed by atoms with van der Waals surface area (Å²) >= 11 is 0. The first-order valence-electron chi connectivity index (χ1n) is 11.6. The van der Waals surface area contributed by atoms with E-state index in [1.54, 1.807) is 0 Å². The number of nitriles is 1. The Morgan fingerprint density at radius 2 is 1.36 bits per heavy atom. The highest BCUT2D eigenvalue weighted by Crippen LogP contribution is 2.49. The molecule has 0 amide bonds. The van der Waals surface area contributed by atoms with Gasteiger partial charge >= 0.3 is 0 Å². The zero-order valence-corrected chi connectivity index (χ0v) is 16.9. The van der Waals surface area contributed by atoms with Crippen LogP contribution in [0.5, 0.6) is 0 Å². The van der Waals surface area contributed by atoms with Gasteiger partial charge in [-0.2, -0.15) is 5.26 Å². The van der Waals surface area contributed by atoms with Gasteiger partial charge in [-0.3, -0.25) is 0 Å². The molecule has 0 aromatic heterocycles. The molecule has 1 nitrogen and oxygen atoms in total. The van der Waals surface area contributed by atoms with Crippen LogP contribution in [-0.2, 0) is 0 Å². The summed E-state index contributed by atoms with van der Waals surface area (Å²) in [5.41, 5.74) is 0.0252. The van der Waals surface area contributed by atoms with E-state index in [1.165, 1.54) is 83.5 Å². The van der Waals surface area contributed by atoms with Crippen molar-refractivity contribution >= 4 is 0 Å². The summed E-state index contributed by atoms with van der Waals surface area (Å²) in [6.45, 7) is 4.58. The third-order valence-electron chi connectivity index (χ3n) is 8.54. The maximum absolute atomic E-state index is 9.68. The molecule has 25 heavy (non-hydrogen) atoms. The van der Waals surface area contributed by atoms with Crippen LogP contribution in [0.25, 0.3) is 0 Å². The van der Waals surface area contributed by atoms with Gasteiger partial charge in [0.25, 0.3) is 0 Å². The molecule has 0 heterocycles. The van der Waals surface area contributed by atoms with Gasteiger partial charge in [0.2, 0.25) is 0 Å². The molecule has 3 aliphatic rings. The monoisotopic (exact) mass is 343 g/mol. The van der Waals surface area contributed by atoms with Crippen LogP contribution in [-0.4, -0.2) is 0 Å². The Hall–Kier alpha value is -0.510. The van der Waals surface area contributed by atoms with Crippen molar-refractivity contribution in [3.05, 3.63) is 0 Å². The summed E-state index contributed by atoms with van der Waals surface area (Å²) in [6.07, 6.45) is 21.0. The van der Waals surface area contributed by atoms with Crippen LogP contribution in [0.15, 0.2) is 0 Å². The highest BCUT2D eigenvalue weighted by Gasteiger charge is 2.40. The quantitative estimate of drug-likeness (QED) is 0.506. The van der Waals surface area contributed by atoms with E-state index in [9.17, 15) is 5.26 Å². The first kappa shape index (κ1) is 19.3. The number of hydrogen-bond acceptors (Lipinski definition) is 1. The second-order valence-corrected chi connectivity index (χ2v) is 9.85. The molecule has 1 heteroatoms. The zero-order valence-electron chi connectivity index (χ0n) is 16.9. The maximum atomic E-state index is 9.68. The van der Waals surface area contributed by atoms with Gasteiger partial charge < -0.3 is 0 Å². The summed E-state index contributed by atoms with van der Waals surface area (Å²) < 4.78 is 0. The lowest BCUT2D eigenvalue weighted by atomic mass is 9.61. The van der Waals surface area contributed by atoms with Crippen LogP contribution in [0.1, 0.15) is 110 Å². The van der Waals surface area contributed by atoms with Gasteiger partial charge in [0.1, 0.15) is 0 Å². The van der Waals surface area contributed by atoms with Gasteiger partial charge in [0.05, 0.1) is 11.5 Å². The Kier molecular flexibility index (Phi) is 6.87. The highest BCUT2D eigenvalue weighted by molar-refractivity contribution is 5.02. The summed E-state index contributed by atoms with van der Waals surface area (Å²) in [6, 6.07) is 2.71. The molecule has 3 fully saturated rings.